The summed E-state index contributed by atoms with van der Waals surface area (Å²) >= 11 is 0. The molecule has 0 unspecified atom stereocenters. The maximum atomic E-state index is 11.3. The molecule has 0 rings (SSSR count). The third-order valence-electron chi connectivity index (χ3n) is 10.7. The predicted molar refractivity (Wildman–Crippen MR) is 212 cm³/mol. The maximum Gasteiger partial charge on any atom is 0.217 e. The van der Waals surface area contributed by atoms with E-state index in [1.165, 1.54) is 231 Å². The highest BCUT2D eigenvalue weighted by Gasteiger charge is 2.10. The molecule has 0 heterocycles. The molecule has 1 amide bonds. The molecule has 0 saturated heterocycles. The van der Waals surface area contributed by atoms with E-state index in [4.69, 9.17) is 5.73 Å². The minimum absolute atomic E-state index is 0.146. The third kappa shape index (κ3) is 38.1. The number of rotatable bonds is 41. The number of primary amides is 1. The Kier molecular flexibility index (Phi) is 39.4. The molecule has 0 fully saturated rings. The molecule has 282 valence electrons. The van der Waals surface area contributed by atoms with E-state index in [0.717, 1.165) is 18.9 Å². The number of hydrogen-bond donors (Lipinski definition) is 1. The number of hydrogen-bond acceptors (Lipinski definition) is 2. The van der Waals surface area contributed by atoms with Gasteiger partial charge < -0.3 is 10.6 Å². The van der Waals surface area contributed by atoms with Gasteiger partial charge in [0.2, 0.25) is 5.91 Å². The number of carbonyl (C=O) groups excluding carboxylic acids is 1. The van der Waals surface area contributed by atoms with Gasteiger partial charge in [0.1, 0.15) is 0 Å². The predicted octanol–water partition coefficient (Wildman–Crippen LogP) is 14.5. The van der Waals surface area contributed by atoms with Crippen LogP contribution in [-0.4, -0.2) is 30.4 Å². The van der Waals surface area contributed by atoms with Crippen LogP contribution in [0.15, 0.2) is 0 Å². The lowest BCUT2D eigenvalue weighted by Gasteiger charge is -2.22. The fourth-order valence-electron chi connectivity index (χ4n) is 7.50. The summed E-state index contributed by atoms with van der Waals surface area (Å²) in [6, 6.07) is 0. The minimum Gasteiger partial charge on any atom is -0.370 e. The number of unbranched alkanes of at least 4 members (excludes halogenated alkanes) is 27. The van der Waals surface area contributed by atoms with Gasteiger partial charge in [-0.1, -0.05) is 226 Å². The van der Waals surface area contributed by atoms with Crippen molar-refractivity contribution < 1.29 is 4.79 Å². The highest BCUT2D eigenvalue weighted by molar-refractivity contribution is 5.73. The van der Waals surface area contributed by atoms with Gasteiger partial charge in [0.25, 0.3) is 0 Å². The molecule has 0 aromatic carbocycles. The second-order valence-corrected chi connectivity index (χ2v) is 15.5. The third-order valence-corrected chi connectivity index (χ3v) is 10.7. The molecule has 0 radical (unpaired) electrons. The summed E-state index contributed by atoms with van der Waals surface area (Å²) in [5.74, 6) is 0.839. The van der Waals surface area contributed by atoms with Crippen LogP contribution in [0.4, 0.5) is 0 Å². The van der Waals surface area contributed by atoms with E-state index in [9.17, 15) is 4.79 Å². The van der Waals surface area contributed by atoms with E-state index >= 15 is 0 Å². The first-order valence-corrected chi connectivity index (χ1v) is 22.1. The van der Waals surface area contributed by atoms with Crippen LogP contribution in [0.25, 0.3) is 0 Å². The highest BCUT2D eigenvalue weighted by Crippen LogP contribution is 2.25. The molecular weight excluding hydrogens is 572 g/mol. The highest BCUT2D eigenvalue weighted by atomic mass is 16.1. The molecule has 0 aromatic heterocycles. The van der Waals surface area contributed by atoms with Crippen molar-refractivity contribution in [3.63, 3.8) is 0 Å². The first-order valence-electron chi connectivity index (χ1n) is 22.1. The number of nitrogens with zero attached hydrogens (tertiary/aromatic N) is 1. The summed E-state index contributed by atoms with van der Waals surface area (Å²) in [6.07, 6.45) is 49.9. The van der Waals surface area contributed by atoms with Crippen molar-refractivity contribution in [2.24, 2.45) is 11.7 Å². The molecule has 0 bridgehead atoms. The zero-order chi connectivity index (χ0) is 34.3. The van der Waals surface area contributed by atoms with Crippen LogP contribution in [0.5, 0.6) is 0 Å². The number of carbonyl (C=O) groups is 1. The lowest BCUT2D eigenvalue weighted by Crippen LogP contribution is -2.28. The van der Waals surface area contributed by atoms with Gasteiger partial charge in [-0.05, 0) is 44.8 Å². The van der Waals surface area contributed by atoms with Gasteiger partial charge in [-0.25, -0.2) is 0 Å². The summed E-state index contributed by atoms with van der Waals surface area (Å²) in [6.45, 7) is 10.4. The molecule has 0 atom stereocenters. The average molecular weight is 663 g/mol. The van der Waals surface area contributed by atoms with E-state index in [1.54, 1.807) is 0 Å². The van der Waals surface area contributed by atoms with Gasteiger partial charge in [0, 0.05) is 6.42 Å². The smallest absolute Gasteiger partial charge is 0.217 e. The summed E-state index contributed by atoms with van der Waals surface area (Å²) in [7, 11) is 0. The average Bonchev–Trinajstić information content (AvgIpc) is 3.06. The molecule has 0 aliphatic heterocycles. The molecule has 0 spiro atoms. The van der Waals surface area contributed by atoms with Crippen LogP contribution in [0, 0.1) is 5.92 Å². The molecule has 3 nitrogen and oxygen atoms in total. The first-order chi connectivity index (χ1) is 23.1. The van der Waals surface area contributed by atoms with E-state index in [2.05, 4.69) is 25.7 Å². The van der Waals surface area contributed by atoms with E-state index < -0.39 is 0 Å². The van der Waals surface area contributed by atoms with Crippen molar-refractivity contribution in [2.45, 2.75) is 252 Å². The number of nitrogens with two attached hydrogens (primary N) is 1. The quantitative estimate of drug-likeness (QED) is 0.0662. The number of amides is 1. The van der Waals surface area contributed by atoms with Crippen molar-refractivity contribution >= 4 is 5.91 Å². The van der Waals surface area contributed by atoms with Crippen molar-refractivity contribution in [3.05, 3.63) is 0 Å². The van der Waals surface area contributed by atoms with Gasteiger partial charge in [0.15, 0.2) is 0 Å². The van der Waals surface area contributed by atoms with E-state index in [-0.39, 0.29) is 5.91 Å². The molecule has 0 aliphatic carbocycles. The Hall–Kier alpha value is -0.570. The standard InChI is InChI=1S/C44H90N2O/c1-4-7-10-13-16-17-18-19-20-21-22-23-28-33-40-46(42-35-39-44(45)47)41-34-29-24-27-32-38-43(36-30-25-14-11-8-5-2)37-31-26-15-12-9-6-3/h43H,4-42H2,1-3H3,(H2,45,47). The Morgan fingerprint density at radius 2 is 0.638 bits per heavy atom. The molecular formula is C44H90N2O. The van der Waals surface area contributed by atoms with Gasteiger partial charge in [-0.2, -0.15) is 0 Å². The Morgan fingerprint density at radius 1 is 0.383 bits per heavy atom. The Labute approximate surface area is 298 Å². The van der Waals surface area contributed by atoms with Crippen LogP contribution >= 0.6 is 0 Å². The maximum absolute atomic E-state index is 11.3. The van der Waals surface area contributed by atoms with Crippen LogP contribution < -0.4 is 5.73 Å². The lowest BCUT2D eigenvalue weighted by atomic mass is 9.89. The van der Waals surface area contributed by atoms with E-state index in [1.807, 2.05) is 0 Å². The van der Waals surface area contributed by atoms with Gasteiger partial charge in [-0.15, -0.1) is 0 Å². The summed E-state index contributed by atoms with van der Waals surface area (Å²) in [5, 5.41) is 0. The SMILES string of the molecule is CCCCCCCCCCCCCCCCN(CCCCCCCC(CCCCCCCC)CCCCCCCC)CCCC(N)=O. The second kappa shape index (κ2) is 39.9. The Bertz CT molecular complexity index is 577. The topological polar surface area (TPSA) is 46.3 Å². The zero-order valence-electron chi connectivity index (χ0n) is 33.1. The Morgan fingerprint density at radius 3 is 0.936 bits per heavy atom. The monoisotopic (exact) mass is 663 g/mol. The molecule has 3 heteroatoms. The zero-order valence-corrected chi connectivity index (χ0v) is 33.1. The van der Waals surface area contributed by atoms with Crippen LogP contribution in [0.3, 0.4) is 0 Å². The minimum atomic E-state index is -0.146. The molecule has 47 heavy (non-hydrogen) atoms. The van der Waals surface area contributed by atoms with Gasteiger partial charge in [-0.3, -0.25) is 4.79 Å². The summed E-state index contributed by atoms with van der Waals surface area (Å²) in [4.78, 5) is 14.0. The van der Waals surface area contributed by atoms with Crippen molar-refractivity contribution in [3.8, 4) is 0 Å². The van der Waals surface area contributed by atoms with Crippen molar-refractivity contribution in [1.29, 1.82) is 0 Å². The molecule has 2 N–H and O–H groups in total. The van der Waals surface area contributed by atoms with Crippen LogP contribution in [-0.2, 0) is 4.79 Å². The fraction of sp³-hybridized carbons (Fsp3) is 0.977. The van der Waals surface area contributed by atoms with Crippen LogP contribution in [0.2, 0.25) is 0 Å². The second-order valence-electron chi connectivity index (χ2n) is 15.5. The molecule has 0 saturated carbocycles. The van der Waals surface area contributed by atoms with E-state index in [0.29, 0.717) is 6.42 Å². The lowest BCUT2D eigenvalue weighted by molar-refractivity contribution is -0.118. The largest absolute Gasteiger partial charge is 0.370 e. The Balaban J connectivity index is 4.09. The van der Waals surface area contributed by atoms with Crippen molar-refractivity contribution in [2.75, 3.05) is 19.6 Å². The van der Waals surface area contributed by atoms with Gasteiger partial charge in [0.05, 0.1) is 0 Å². The summed E-state index contributed by atoms with van der Waals surface area (Å²) in [5.41, 5.74) is 5.44. The summed E-state index contributed by atoms with van der Waals surface area (Å²) < 4.78 is 0. The normalized spacial score (nSPS) is 11.8. The van der Waals surface area contributed by atoms with Crippen molar-refractivity contribution in [1.82, 2.24) is 4.90 Å². The molecule has 0 aliphatic rings. The molecule has 0 aromatic rings. The fourth-order valence-corrected chi connectivity index (χ4v) is 7.50. The first kappa shape index (κ1) is 46.4. The van der Waals surface area contributed by atoms with Gasteiger partial charge >= 0.3 is 0 Å². The van der Waals surface area contributed by atoms with Crippen LogP contribution in [0.1, 0.15) is 252 Å².